The maximum Gasteiger partial charge on any atom is 0.175 e. The maximum atomic E-state index is 11.4. The first-order valence-electron chi connectivity index (χ1n) is 4.50. The molecule has 0 amide bonds. The molecule has 84 valence electrons. The summed E-state index contributed by atoms with van der Waals surface area (Å²) < 4.78 is 22.9. The molecule has 0 bridgehead atoms. The molecule has 4 nitrogen and oxygen atoms in total. The van der Waals surface area contributed by atoms with Gasteiger partial charge in [0.1, 0.15) is 0 Å². The summed E-state index contributed by atoms with van der Waals surface area (Å²) in [6.07, 6.45) is 1.21. The number of hydroxylamine groups is 1. The van der Waals surface area contributed by atoms with Crippen molar-refractivity contribution in [1.82, 2.24) is 5.48 Å². The second-order valence-electron chi connectivity index (χ2n) is 3.40. The molecule has 0 aromatic heterocycles. The van der Waals surface area contributed by atoms with Crippen molar-refractivity contribution >= 4 is 9.84 Å². The van der Waals surface area contributed by atoms with E-state index in [-0.39, 0.29) is 0 Å². The van der Waals surface area contributed by atoms with Gasteiger partial charge in [-0.25, -0.2) is 8.42 Å². The molecule has 15 heavy (non-hydrogen) atoms. The van der Waals surface area contributed by atoms with Gasteiger partial charge in [0.15, 0.2) is 9.84 Å². The number of sulfone groups is 1. The van der Waals surface area contributed by atoms with Crippen LogP contribution in [0, 0.1) is 6.92 Å². The highest BCUT2D eigenvalue weighted by Gasteiger charge is 2.10. The number of hydrogen-bond donors (Lipinski definition) is 1. The molecule has 1 aromatic rings. The zero-order chi connectivity index (χ0) is 11.5. The highest BCUT2D eigenvalue weighted by atomic mass is 32.2. The molecule has 0 saturated heterocycles. The smallest absolute Gasteiger partial charge is 0.175 e. The zero-order valence-corrected chi connectivity index (χ0v) is 9.89. The Morgan fingerprint density at radius 2 is 2.07 bits per heavy atom. The number of nitrogens with one attached hydrogen (secondary N) is 1. The van der Waals surface area contributed by atoms with Crippen molar-refractivity contribution in [3.8, 4) is 0 Å². The average molecular weight is 229 g/mol. The monoisotopic (exact) mass is 229 g/mol. The third-order valence-electron chi connectivity index (χ3n) is 2.07. The van der Waals surface area contributed by atoms with E-state index in [9.17, 15) is 8.42 Å². The summed E-state index contributed by atoms with van der Waals surface area (Å²) >= 11 is 0. The minimum atomic E-state index is -3.15. The number of aryl methyl sites for hydroxylation is 1. The molecule has 1 rings (SSSR count). The molecule has 0 fully saturated rings. The summed E-state index contributed by atoms with van der Waals surface area (Å²) in [7, 11) is -1.63. The maximum absolute atomic E-state index is 11.4. The van der Waals surface area contributed by atoms with Gasteiger partial charge in [0.05, 0.1) is 12.0 Å². The predicted molar refractivity (Wildman–Crippen MR) is 58.1 cm³/mol. The van der Waals surface area contributed by atoms with Gasteiger partial charge < -0.3 is 4.84 Å². The van der Waals surface area contributed by atoms with Crippen LogP contribution in [0.15, 0.2) is 23.1 Å². The van der Waals surface area contributed by atoms with Crippen LogP contribution in [0.25, 0.3) is 0 Å². The first-order valence-corrected chi connectivity index (χ1v) is 6.39. The average Bonchev–Trinajstić information content (AvgIpc) is 2.15. The Morgan fingerprint density at radius 3 is 2.60 bits per heavy atom. The molecule has 0 atom stereocenters. The van der Waals surface area contributed by atoms with Crippen LogP contribution in [0.4, 0.5) is 0 Å². The van der Waals surface area contributed by atoms with Gasteiger partial charge in [0, 0.05) is 12.8 Å². The molecule has 5 heteroatoms. The first-order chi connectivity index (χ1) is 6.95. The molecule has 0 unspecified atom stereocenters. The second kappa shape index (κ2) is 4.74. The van der Waals surface area contributed by atoms with Crippen molar-refractivity contribution in [3.05, 3.63) is 29.3 Å². The zero-order valence-electron chi connectivity index (χ0n) is 9.07. The van der Waals surface area contributed by atoms with Gasteiger partial charge in [0.2, 0.25) is 0 Å². The van der Waals surface area contributed by atoms with E-state index in [1.807, 2.05) is 6.07 Å². The van der Waals surface area contributed by atoms with E-state index < -0.39 is 9.84 Å². The van der Waals surface area contributed by atoms with E-state index in [0.29, 0.717) is 11.4 Å². The molecule has 1 N–H and O–H groups in total. The lowest BCUT2D eigenvalue weighted by molar-refractivity contribution is 0.0867. The SMILES string of the molecule is CONCc1ccc(C)c(S(C)(=O)=O)c1. The molecule has 0 spiro atoms. The van der Waals surface area contributed by atoms with Gasteiger partial charge in [-0.3, -0.25) is 0 Å². The van der Waals surface area contributed by atoms with E-state index in [1.54, 1.807) is 19.1 Å². The Labute approximate surface area is 90.1 Å². The minimum Gasteiger partial charge on any atom is -0.305 e. The van der Waals surface area contributed by atoms with Gasteiger partial charge >= 0.3 is 0 Å². The third kappa shape index (κ3) is 3.30. The fourth-order valence-electron chi connectivity index (χ4n) is 1.31. The Kier molecular flexibility index (Phi) is 3.84. The molecule has 0 saturated carbocycles. The molecule has 0 radical (unpaired) electrons. The van der Waals surface area contributed by atoms with Crippen molar-refractivity contribution in [3.63, 3.8) is 0 Å². The van der Waals surface area contributed by atoms with Crippen LogP contribution in [0.1, 0.15) is 11.1 Å². The van der Waals surface area contributed by atoms with Gasteiger partial charge in [-0.15, -0.1) is 0 Å². The van der Waals surface area contributed by atoms with Gasteiger partial charge in [0.25, 0.3) is 0 Å². The number of rotatable bonds is 4. The molecule has 1 aromatic carbocycles. The Bertz CT molecular complexity index is 440. The van der Waals surface area contributed by atoms with Crippen LogP contribution in [-0.4, -0.2) is 21.8 Å². The lowest BCUT2D eigenvalue weighted by atomic mass is 10.1. The third-order valence-corrected chi connectivity index (χ3v) is 3.31. The van der Waals surface area contributed by atoms with Crippen LogP contribution in [0.5, 0.6) is 0 Å². The summed E-state index contributed by atoms with van der Waals surface area (Å²) in [6.45, 7) is 2.27. The molecular weight excluding hydrogens is 214 g/mol. The fourth-order valence-corrected chi connectivity index (χ4v) is 2.33. The highest BCUT2D eigenvalue weighted by molar-refractivity contribution is 7.90. The molecule has 0 aliphatic rings. The summed E-state index contributed by atoms with van der Waals surface area (Å²) in [5, 5.41) is 0. The predicted octanol–water partition coefficient (Wildman–Crippen LogP) is 1.05. The van der Waals surface area contributed by atoms with Crippen LogP contribution < -0.4 is 5.48 Å². The normalized spacial score (nSPS) is 11.7. The van der Waals surface area contributed by atoms with Crippen molar-refractivity contribution in [2.24, 2.45) is 0 Å². The summed E-state index contributed by atoms with van der Waals surface area (Å²) in [5.74, 6) is 0. The summed E-state index contributed by atoms with van der Waals surface area (Å²) in [5.41, 5.74) is 4.31. The number of benzene rings is 1. The van der Waals surface area contributed by atoms with Gasteiger partial charge in [-0.1, -0.05) is 12.1 Å². The Hall–Kier alpha value is -0.910. The summed E-state index contributed by atoms with van der Waals surface area (Å²) in [4.78, 5) is 5.08. The van der Waals surface area contributed by atoms with E-state index in [4.69, 9.17) is 4.84 Å². The minimum absolute atomic E-state index is 0.373. The topological polar surface area (TPSA) is 55.4 Å². The molecule has 0 aliphatic heterocycles. The fraction of sp³-hybridized carbons (Fsp3) is 0.400. The van der Waals surface area contributed by atoms with Crippen LogP contribution in [0.2, 0.25) is 0 Å². The van der Waals surface area contributed by atoms with Crippen molar-refractivity contribution in [2.75, 3.05) is 13.4 Å². The highest BCUT2D eigenvalue weighted by Crippen LogP contribution is 2.16. The van der Waals surface area contributed by atoms with Crippen molar-refractivity contribution < 1.29 is 13.3 Å². The van der Waals surface area contributed by atoms with E-state index in [0.717, 1.165) is 11.1 Å². The van der Waals surface area contributed by atoms with E-state index in [1.165, 1.54) is 13.4 Å². The quantitative estimate of drug-likeness (QED) is 0.784. The number of hydrogen-bond acceptors (Lipinski definition) is 4. The summed E-state index contributed by atoms with van der Waals surface area (Å²) in [6, 6.07) is 5.33. The first kappa shape index (κ1) is 12.2. The largest absolute Gasteiger partial charge is 0.305 e. The molecule has 0 aliphatic carbocycles. The van der Waals surface area contributed by atoms with Crippen LogP contribution in [-0.2, 0) is 21.2 Å². The van der Waals surface area contributed by atoms with Crippen molar-refractivity contribution in [2.45, 2.75) is 18.4 Å². The lowest BCUT2D eigenvalue weighted by Crippen LogP contribution is -2.11. The lowest BCUT2D eigenvalue weighted by Gasteiger charge is -2.07. The second-order valence-corrected chi connectivity index (χ2v) is 5.38. The van der Waals surface area contributed by atoms with Crippen LogP contribution >= 0.6 is 0 Å². The Balaban J connectivity index is 3.06. The molecular formula is C10H15NO3S. The van der Waals surface area contributed by atoms with Crippen molar-refractivity contribution in [1.29, 1.82) is 0 Å². The van der Waals surface area contributed by atoms with Gasteiger partial charge in [-0.05, 0) is 24.1 Å². The standard InChI is InChI=1S/C10H15NO3S/c1-8-4-5-9(7-11-14-2)6-10(8)15(3,12)13/h4-6,11H,7H2,1-3H3. The van der Waals surface area contributed by atoms with Gasteiger partial charge in [-0.2, -0.15) is 5.48 Å². The van der Waals surface area contributed by atoms with E-state index >= 15 is 0 Å². The molecule has 0 heterocycles. The Morgan fingerprint density at radius 1 is 1.40 bits per heavy atom. The van der Waals surface area contributed by atoms with E-state index in [2.05, 4.69) is 5.48 Å². The van der Waals surface area contributed by atoms with Crippen LogP contribution in [0.3, 0.4) is 0 Å².